The number of ether oxygens (including phenoxy) is 1. The lowest BCUT2D eigenvalue weighted by atomic mass is 9.96. The van der Waals surface area contributed by atoms with E-state index in [-0.39, 0.29) is 31.1 Å². The summed E-state index contributed by atoms with van der Waals surface area (Å²) in [6, 6.07) is 16.0. The number of likely N-dealkylation sites (N-methyl/N-ethyl adjacent to an activating group) is 1. The van der Waals surface area contributed by atoms with Gasteiger partial charge in [0, 0.05) is 24.9 Å². The molecule has 0 saturated carbocycles. The Morgan fingerprint density at radius 3 is 2.34 bits per heavy atom. The Hall–Kier alpha value is -5.35. The van der Waals surface area contributed by atoms with Crippen molar-refractivity contribution >= 4 is 23.6 Å². The van der Waals surface area contributed by atoms with Crippen molar-refractivity contribution in [1.82, 2.24) is 41.0 Å². The summed E-state index contributed by atoms with van der Waals surface area (Å²) in [6.45, 7) is 6.16. The number of carbonyl (C=O) groups excluding carboxylic acids is 3. The van der Waals surface area contributed by atoms with Crippen LogP contribution < -0.4 is 21.3 Å². The van der Waals surface area contributed by atoms with E-state index in [0.717, 1.165) is 52.3 Å². The molecule has 3 aromatic rings. The quantitative estimate of drug-likeness (QED) is 0.168. The van der Waals surface area contributed by atoms with Gasteiger partial charge in [-0.15, -0.1) is 0 Å². The highest BCUT2D eigenvalue weighted by atomic mass is 16.5. The van der Waals surface area contributed by atoms with E-state index in [9.17, 15) is 19.6 Å². The topological polar surface area (TPSA) is 168 Å². The molecule has 5 N–H and O–H groups in total. The van der Waals surface area contributed by atoms with E-state index >= 15 is 0 Å². The number of aromatic nitrogens is 2. The van der Waals surface area contributed by atoms with E-state index in [1.54, 1.807) is 23.0 Å². The molecule has 13 nitrogen and oxygen atoms in total. The number of H-pyrrole nitrogens is 1. The summed E-state index contributed by atoms with van der Waals surface area (Å²) in [4.78, 5) is 47.8. The van der Waals surface area contributed by atoms with Gasteiger partial charge in [-0.25, -0.2) is 9.78 Å². The molecule has 2 heterocycles. The molecule has 1 aliphatic rings. The molecule has 0 saturated heterocycles. The summed E-state index contributed by atoms with van der Waals surface area (Å²) in [5.41, 5.74) is 5.69. The molecule has 1 atom stereocenters. The van der Waals surface area contributed by atoms with Crippen LogP contribution in [0.25, 0.3) is 28.1 Å². The third-order valence-electron chi connectivity index (χ3n) is 7.68. The number of alkyl carbamates (subject to hydrolysis) is 1. The summed E-state index contributed by atoms with van der Waals surface area (Å²) in [5, 5.41) is 22.0. The van der Waals surface area contributed by atoms with Crippen LogP contribution in [0.3, 0.4) is 0 Å². The van der Waals surface area contributed by atoms with E-state index in [1.807, 2.05) is 62.5 Å². The predicted molar refractivity (Wildman–Crippen MR) is 179 cm³/mol. The van der Waals surface area contributed by atoms with Gasteiger partial charge in [-0.3, -0.25) is 9.59 Å². The Morgan fingerprint density at radius 2 is 1.66 bits per heavy atom. The number of aromatic amines is 1. The van der Waals surface area contributed by atoms with Crippen molar-refractivity contribution in [3.05, 3.63) is 71.8 Å². The maximum absolute atomic E-state index is 12.7. The monoisotopic (exact) mass is 641 g/mol. The summed E-state index contributed by atoms with van der Waals surface area (Å²) in [6.07, 6.45) is 4.36. The molecule has 0 aliphatic carbocycles. The number of amides is 3. The molecule has 0 radical (unpaired) electrons. The van der Waals surface area contributed by atoms with Crippen LogP contribution in [-0.2, 0) is 20.9 Å². The second kappa shape index (κ2) is 16.8. The Labute approximate surface area is 275 Å². The van der Waals surface area contributed by atoms with E-state index in [0.29, 0.717) is 31.7 Å². The van der Waals surface area contributed by atoms with Crippen molar-refractivity contribution in [1.29, 1.82) is 5.26 Å². The average molecular weight is 642 g/mol. The van der Waals surface area contributed by atoms with Gasteiger partial charge in [-0.05, 0) is 42.6 Å². The highest BCUT2D eigenvalue weighted by Crippen LogP contribution is 2.29. The maximum Gasteiger partial charge on any atom is 0.407 e. The van der Waals surface area contributed by atoms with Crippen LogP contribution >= 0.6 is 0 Å². The summed E-state index contributed by atoms with van der Waals surface area (Å²) in [5.74, 6) is 0.542. The van der Waals surface area contributed by atoms with Gasteiger partial charge in [-0.2, -0.15) is 5.26 Å². The Morgan fingerprint density at radius 1 is 0.979 bits per heavy atom. The number of nitrogens with one attached hydrogen (secondary N) is 5. The van der Waals surface area contributed by atoms with Gasteiger partial charge >= 0.3 is 6.09 Å². The third kappa shape index (κ3) is 9.11. The molecule has 1 aliphatic heterocycles. The standard InChI is InChI=1S/C34H43N9O4/c1-5-13-42(32(44)19-36-3)21-30-37-17-28(40-30)24-9-7-23(8-10-24)27-12-11-25(15-26(27)16-35)29-18-38-31(41-29)22-43(14-6-2)33(45)20-39-34(46)47-4/h7-12,15,17-18,31,36,38,41H,5-6,13-14,19-22H2,1-4H3,(H,37,40)(H,39,46). The Kier molecular flexibility index (Phi) is 12.4. The van der Waals surface area contributed by atoms with E-state index < -0.39 is 6.09 Å². The number of benzene rings is 2. The van der Waals surface area contributed by atoms with Gasteiger partial charge in [0.1, 0.15) is 18.5 Å². The fourth-order valence-corrected chi connectivity index (χ4v) is 5.34. The normalized spacial score (nSPS) is 13.5. The van der Waals surface area contributed by atoms with Crippen LogP contribution in [0, 0.1) is 11.3 Å². The van der Waals surface area contributed by atoms with Crippen molar-refractivity contribution < 1.29 is 19.1 Å². The smallest absolute Gasteiger partial charge is 0.407 e. The number of nitriles is 1. The fraction of sp³-hybridized carbons (Fsp3) is 0.382. The number of methoxy groups -OCH3 is 1. The van der Waals surface area contributed by atoms with Crippen LogP contribution in [-0.4, -0.2) is 90.7 Å². The largest absolute Gasteiger partial charge is 0.453 e. The first-order valence-electron chi connectivity index (χ1n) is 15.7. The van der Waals surface area contributed by atoms with Gasteiger partial charge in [-0.1, -0.05) is 50.2 Å². The molecule has 0 fully saturated rings. The van der Waals surface area contributed by atoms with Crippen LogP contribution in [0.2, 0.25) is 0 Å². The van der Waals surface area contributed by atoms with E-state index in [4.69, 9.17) is 0 Å². The second-order valence-corrected chi connectivity index (χ2v) is 11.1. The van der Waals surface area contributed by atoms with Crippen LogP contribution in [0.15, 0.2) is 54.9 Å². The van der Waals surface area contributed by atoms with Gasteiger partial charge < -0.3 is 40.8 Å². The zero-order valence-electron chi connectivity index (χ0n) is 27.4. The minimum absolute atomic E-state index is 0.0315. The highest BCUT2D eigenvalue weighted by Gasteiger charge is 2.23. The first-order valence-corrected chi connectivity index (χ1v) is 15.7. The predicted octanol–water partition coefficient (Wildman–Crippen LogP) is 2.99. The average Bonchev–Trinajstić information content (AvgIpc) is 3.76. The lowest BCUT2D eigenvalue weighted by molar-refractivity contribution is -0.131. The molecule has 1 unspecified atom stereocenters. The number of hydrogen-bond acceptors (Lipinski definition) is 9. The highest BCUT2D eigenvalue weighted by molar-refractivity contribution is 5.82. The van der Waals surface area contributed by atoms with E-state index in [1.165, 1.54) is 7.11 Å². The minimum Gasteiger partial charge on any atom is -0.453 e. The molecule has 13 heteroatoms. The lowest BCUT2D eigenvalue weighted by Crippen LogP contribution is -2.49. The van der Waals surface area contributed by atoms with Gasteiger partial charge in [0.05, 0.1) is 56.0 Å². The first kappa shape index (κ1) is 34.5. The molecule has 1 aromatic heterocycles. The van der Waals surface area contributed by atoms with Crippen molar-refractivity contribution in [2.75, 3.05) is 46.9 Å². The van der Waals surface area contributed by atoms with Crippen molar-refractivity contribution in [3.63, 3.8) is 0 Å². The second-order valence-electron chi connectivity index (χ2n) is 11.1. The van der Waals surface area contributed by atoms with Crippen molar-refractivity contribution in [2.24, 2.45) is 0 Å². The molecule has 47 heavy (non-hydrogen) atoms. The number of nitrogens with zero attached hydrogens (tertiary/aromatic N) is 4. The van der Waals surface area contributed by atoms with E-state index in [2.05, 4.69) is 42.0 Å². The molecule has 3 amide bonds. The number of rotatable bonds is 15. The van der Waals surface area contributed by atoms with Crippen molar-refractivity contribution in [2.45, 2.75) is 39.4 Å². The maximum atomic E-state index is 12.7. The van der Waals surface area contributed by atoms with Crippen LogP contribution in [0.1, 0.15) is 43.6 Å². The zero-order chi connectivity index (χ0) is 33.8. The SMILES string of the molecule is CCCN(Cc1ncc(-c2ccc(-c3ccc(C4=CNC(CN(CCC)C(=O)CNC(=O)OC)N4)cc3C#N)cc2)[nH]1)C(=O)CNC. The summed E-state index contributed by atoms with van der Waals surface area (Å²) < 4.78 is 4.55. The lowest BCUT2D eigenvalue weighted by Gasteiger charge is -2.26. The number of hydrogen-bond donors (Lipinski definition) is 5. The summed E-state index contributed by atoms with van der Waals surface area (Å²) >= 11 is 0. The van der Waals surface area contributed by atoms with Crippen LogP contribution in [0.5, 0.6) is 0 Å². The molecule has 0 bridgehead atoms. The van der Waals surface area contributed by atoms with Gasteiger partial charge in [0.25, 0.3) is 0 Å². The summed E-state index contributed by atoms with van der Waals surface area (Å²) in [7, 11) is 3.01. The first-order chi connectivity index (χ1) is 22.8. The van der Waals surface area contributed by atoms with Crippen molar-refractivity contribution in [3.8, 4) is 28.5 Å². The Bertz CT molecular complexity index is 1610. The molecular formula is C34H43N9O4. The third-order valence-corrected chi connectivity index (χ3v) is 7.68. The van der Waals surface area contributed by atoms with Gasteiger partial charge in [0.15, 0.2) is 0 Å². The molecule has 248 valence electrons. The fourth-order valence-electron chi connectivity index (χ4n) is 5.34. The van der Waals surface area contributed by atoms with Gasteiger partial charge in [0.2, 0.25) is 11.8 Å². The number of imidazole rings is 1. The molecule has 4 rings (SSSR count). The Balaban J connectivity index is 1.40. The zero-order valence-corrected chi connectivity index (χ0v) is 27.4. The molecule has 2 aromatic carbocycles. The molecule has 0 spiro atoms. The molecular weight excluding hydrogens is 598 g/mol. The minimum atomic E-state index is -0.652. The van der Waals surface area contributed by atoms with Crippen LogP contribution in [0.4, 0.5) is 4.79 Å². The number of carbonyl (C=O) groups is 3.